The molecule has 2 N–H and O–H groups in total. The highest BCUT2D eigenvalue weighted by molar-refractivity contribution is 5.91. The summed E-state index contributed by atoms with van der Waals surface area (Å²) in [5.41, 5.74) is -0.831. The number of halogens is 1. The van der Waals surface area contributed by atoms with E-state index >= 15 is 0 Å². The fourth-order valence-corrected chi connectivity index (χ4v) is 2.34. The lowest BCUT2D eigenvalue weighted by Gasteiger charge is -2.24. The van der Waals surface area contributed by atoms with Gasteiger partial charge in [-0.05, 0) is 37.5 Å². The van der Waals surface area contributed by atoms with Crippen LogP contribution in [0.2, 0.25) is 0 Å². The van der Waals surface area contributed by atoms with Gasteiger partial charge < -0.3 is 15.2 Å². The molecule has 1 amide bonds. The van der Waals surface area contributed by atoms with E-state index in [2.05, 4.69) is 5.32 Å². The van der Waals surface area contributed by atoms with Gasteiger partial charge in [-0.15, -0.1) is 0 Å². The Morgan fingerprint density at radius 2 is 2.05 bits per heavy atom. The molecule has 1 fully saturated rings. The zero-order valence-corrected chi connectivity index (χ0v) is 11.8. The molecule has 1 aliphatic carbocycles. The molecule has 1 aliphatic rings. The Labute approximate surface area is 117 Å². The van der Waals surface area contributed by atoms with Gasteiger partial charge in [-0.2, -0.15) is 0 Å². The molecule has 0 saturated heterocycles. The molecule has 1 atom stereocenters. The number of ether oxygens (including phenoxy) is 1. The van der Waals surface area contributed by atoms with E-state index in [1.54, 1.807) is 19.1 Å². The highest BCUT2D eigenvalue weighted by atomic mass is 19.1. The monoisotopic (exact) mass is 281 g/mol. The maximum Gasteiger partial charge on any atom is 0.230 e. The highest BCUT2D eigenvalue weighted by Crippen LogP contribution is 2.48. The molecular weight excluding hydrogens is 261 g/mol. The van der Waals surface area contributed by atoms with E-state index in [0.29, 0.717) is 0 Å². The number of carbonyl (C=O) groups excluding carboxylic acids is 1. The first-order valence-corrected chi connectivity index (χ1v) is 6.65. The molecule has 1 saturated carbocycles. The summed E-state index contributed by atoms with van der Waals surface area (Å²) in [5, 5.41) is 12.7. The molecule has 0 aromatic heterocycles. The predicted octanol–water partition coefficient (Wildman–Crippen LogP) is 1.37. The Kier molecular flexibility index (Phi) is 4.11. The molecule has 0 radical (unpaired) electrons. The highest BCUT2D eigenvalue weighted by Gasteiger charge is 2.51. The van der Waals surface area contributed by atoms with Crippen molar-refractivity contribution in [2.24, 2.45) is 0 Å². The molecule has 1 aromatic rings. The smallest absolute Gasteiger partial charge is 0.230 e. The Balaban J connectivity index is 2.00. The number of nitrogens with one attached hydrogen (secondary N) is 1. The van der Waals surface area contributed by atoms with Crippen LogP contribution in [0.1, 0.15) is 25.3 Å². The Morgan fingerprint density at radius 3 is 2.55 bits per heavy atom. The summed E-state index contributed by atoms with van der Waals surface area (Å²) in [5.74, 6) is -0.437. The standard InChI is InChI=1S/C15H20FNO3/c1-14(19,10-20-2)9-17-13(18)15(7-8-15)11-3-5-12(16)6-4-11/h3-6,19H,7-10H2,1-2H3,(H,17,18)/t14-/m1/s1. The van der Waals surface area contributed by atoms with Crippen LogP contribution in [0.5, 0.6) is 0 Å². The molecule has 20 heavy (non-hydrogen) atoms. The molecule has 5 heteroatoms. The summed E-state index contributed by atoms with van der Waals surface area (Å²) >= 11 is 0. The van der Waals surface area contributed by atoms with Gasteiger partial charge in [0.15, 0.2) is 0 Å². The van der Waals surface area contributed by atoms with Crippen molar-refractivity contribution in [2.75, 3.05) is 20.3 Å². The van der Waals surface area contributed by atoms with Crippen LogP contribution >= 0.6 is 0 Å². The van der Waals surface area contributed by atoms with Crippen molar-refractivity contribution in [3.63, 3.8) is 0 Å². The number of hydrogen-bond donors (Lipinski definition) is 2. The van der Waals surface area contributed by atoms with Crippen LogP contribution in [0.25, 0.3) is 0 Å². The van der Waals surface area contributed by atoms with Crippen LogP contribution in [0.15, 0.2) is 24.3 Å². The molecule has 0 bridgehead atoms. The van der Waals surface area contributed by atoms with Gasteiger partial charge >= 0.3 is 0 Å². The van der Waals surface area contributed by atoms with Gasteiger partial charge in [-0.1, -0.05) is 12.1 Å². The average Bonchev–Trinajstić information content (AvgIpc) is 3.18. The first-order chi connectivity index (χ1) is 9.39. The molecule has 0 spiro atoms. The summed E-state index contributed by atoms with van der Waals surface area (Å²) < 4.78 is 17.8. The molecular formula is C15H20FNO3. The maximum absolute atomic E-state index is 12.9. The third kappa shape index (κ3) is 3.16. The van der Waals surface area contributed by atoms with Crippen LogP contribution < -0.4 is 5.32 Å². The molecule has 0 heterocycles. The molecule has 0 unspecified atom stereocenters. The number of methoxy groups -OCH3 is 1. The number of rotatable bonds is 6. The van der Waals surface area contributed by atoms with E-state index in [-0.39, 0.29) is 24.9 Å². The molecule has 4 nitrogen and oxygen atoms in total. The van der Waals surface area contributed by atoms with Gasteiger partial charge in [0, 0.05) is 13.7 Å². The second kappa shape index (κ2) is 5.50. The van der Waals surface area contributed by atoms with Crippen molar-refractivity contribution in [1.29, 1.82) is 0 Å². The normalized spacial score (nSPS) is 19.2. The second-order valence-corrected chi connectivity index (χ2v) is 5.70. The summed E-state index contributed by atoms with van der Waals surface area (Å²) in [6.07, 6.45) is 1.49. The molecule has 0 aliphatic heterocycles. The fourth-order valence-electron chi connectivity index (χ4n) is 2.34. The first-order valence-electron chi connectivity index (χ1n) is 6.65. The summed E-state index contributed by atoms with van der Waals surface area (Å²) in [6.45, 7) is 1.88. The minimum Gasteiger partial charge on any atom is -0.386 e. The van der Waals surface area contributed by atoms with Gasteiger partial charge in [-0.25, -0.2) is 4.39 Å². The minimum atomic E-state index is -1.09. The van der Waals surface area contributed by atoms with E-state index in [0.717, 1.165) is 18.4 Å². The molecule has 2 rings (SSSR count). The zero-order valence-electron chi connectivity index (χ0n) is 11.8. The van der Waals surface area contributed by atoms with Crippen molar-refractivity contribution < 1.29 is 19.0 Å². The Morgan fingerprint density at radius 1 is 1.45 bits per heavy atom. The third-order valence-electron chi connectivity index (χ3n) is 3.67. The van der Waals surface area contributed by atoms with Crippen LogP contribution in [0.3, 0.4) is 0 Å². The predicted molar refractivity (Wildman–Crippen MR) is 72.8 cm³/mol. The number of carbonyl (C=O) groups is 1. The van der Waals surface area contributed by atoms with E-state index < -0.39 is 11.0 Å². The topological polar surface area (TPSA) is 58.6 Å². The van der Waals surface area contributed by atoms with Gasteiger partial charge in [-0.3, -0.25) is 4.79 Å². The van der Waals surface area contributed by atoms with E-state index in [9.17, 15) is 14.3 Å². The lowest BCUT2D eigenvalue weighted by Crippen LogP contribution is -2.46. The third-order valence-corrected chi connectivity index (χ3v) is 3.67. The largest absolute Gasteiger partial charge is 0.386 e. The van der Waals surface area contributed by atoms with Crippen molar-refractivity contribution in [1.82, 2.24) is 5.32 Å². The van der Waals surface area contributed by atoms with Crippen LogP contribution in [-0.2, 0) is 14.9 Å². The fraction of sp³-hybridized carbons (Fsp3) is 0.533. The SMILES string of the molecule is COC[C@](C)(O)CNC(=O)C1(c2ccc(F)cc2)CC1. The van der Waals surface area contributed by atoms with E-state index in [1.807, 2.05) is 0 Å². The number of benzene rings is 1. The van der Waals surface area contributed by atoms with Gasteiger partial charge in [0.05, 0.1) is 12.0 Å². The van der Waals surface area contributed by atoms with Crippen molar-refractivity contribution in [3.8, 4) is 0 Å². The lowest BCUT2D eigenvalue weighted by atomic mass is 9.94. The average molecular weight is 281 g/mol. The van der Waals surface area contributed by atoms with Gasteiger partial charge in [0.2, 0.25) is 5.91 Å². The van der Waals surface area contributed by atoms with Crippen LogP contribution in [0.4, 0.5) is 4.39 Å². The number of aliphatic hydroxyl groups is 1. The van der Waals surface area contributed by atoms with Crippen LogP contribution in [-0.4, -0.2) is 36.9 Å². The van der Waals surface area contributed by atoms with Crippen molar-refractivity contribution >= 4 is 5.91 Å². The number of hydrogen-bond acceptors (Lipinski definition) is 3. The first kappa shape index (κ1) is 14.9. The van der Waals surface area contributed by atoms with Crippen molar-refractivity contribution in [3.05, 3.63) is 35.6 Å². The van der Waals surface area contributed by atoms with Gasteiger partial charge in [0.25, 0.3) is 0 Å². The van der Waals surface area contributed by atoms with Gasteiger partial charge in [0.1, 0.15) is 11.4 Å². The number of amides is 1. The van der Waals surface area contributed by atoms with E-state index in [4.69, 9.17) is 4.74 Å². The zero-order chi connectivity index (χ0) is 14.8. The lowest BCUT2D eigenvalue weighted by molar-refractivity contribution is -0.125. The molecule has 110 valence electrons. The second-order valence-electron chi connectivity index (χ2n) is 5.70. The minimum absolute atomic E-state index is 0.125. The summed E-state index contributed by atoms with van der Waals surface area (Å²) in [6, 6.07) is 6.03. The quantitative estimate of drug-likeness (QED) is 0.828. The van der Waals surface area contributed by atoms with E-state index in [1.165, 1.54) is 19.2 Å². The summed E-state index contributed by atoms with van der Waals surface area (Å²) in [7, 11) is 1.50. The maximum atomic E-state index is 12.9. The van der Waals surface area contributed by atoms with Crippen molar-refractivity contribution in [2.45, 2.75) is 30.8 Å². The summed E-state index contributed by atoms with van der Waals surface area (Å²) in [4.78, 5) is 12.3. The molecule has 1 aromatic carbocycles. The van der Waals surface area contributed by atoms with Crippen LogP contribution in [0, 0.1) is 5.82 Å². The Hall–Kier alpha value is -1.46. The Bertz CT molecular complexity index is 480.